The minimum atomic E-state index is -4.51. The largest absolute Gasteiger partial charge is 0.408 e. The Balaban J connectivity index is 2.15. The molecule has 2 rings (SSSR count). The van der Waals surface area contributed by atoms with Crippen molar-refractivity contribution < 1.29 is 13.2 Å². The summed E-state index contributed by atoms with van der Waals surface area (Å²) < 4.78 is 37.2. The lowest BCUT2D eigenvalue weighted by Crippen LogP contribution is -2.31. The Kier molecular flexibility index (Phi) is 4.56. The van der Waals surface area contributed by atoms with Gasteiger partial charge >= 0.3 is 6.18 Å². The van der Waals surface area contributed by atoms with Gasteiger partial charge in [0.05, 0.1) is 24.1 Å². The van der Waals surface area contributed by atoms with Crippen LogP contribution in [0.25, 0.3) is 0 Å². The first-order valence-electron chi connectivity index (χ1n) is 5.69. The molecule has 0 spiro atoms. The quantitative estimate of drug-likeness (QED) is 0.898. The third-order valence-corrected chi connectivity index (χ3v) is 3.17. The third-order valence-electron chi connectivity index (χ3n) is 2.40. The maximum absolute atomic E-state index is 12.3. The van der Waals surface area contributed by atoms with Gasteiger partial charge in [0.25, 0.3) is 5.56 Å². The number of aromatic nitrogens is 4. The predicted octanol–water partition coefficient (Wildman–Crippen LogP) is 1.97. The molecule has 0 aliphatic rings. The second-order valence-corrected chi connectivity index (χ2v) is 4.81. The first-order chi connectivity index (χ1) is 9.87. The summed E-state index contributed by atoms with van der Waals surface area (Å²) in [6.45, 7) is -1.17. The molecule has 0 unspecified atom stereocenters. The Labute approximate surface area is 125 Å². The number of alkyl halides is 3. The van der Waals surface area contributed by atoms with Gasteiger partial charge in [-0.3, -0.25) is 4.79 Å². The Morgan fingerprint density at radius 1 is 1.38 bits per heavy atom. The number of halogens is 4. The van der Waals surface area contributed by atoms with Crippen molar-refractivity contribution in [2.75, 3.05) is 5.32 Å². The number of nitrogens with one attached hydrogen (secondary N) is 1. The van der Waals surface area contributed by atoms with Crippen molar-refractivity contribution in [2.45, 2.75) is 19.3 Å². The summed E-state index contributed by atoms with van der Waals surface area (Å²) in [5, 5.41) is 13.9. The Hall–Kier alpha value is -1.97. The monoisotopic (exact) mass is 363 g/mol. The van der Waals surface area contributed by atoms with Crippen molar-refractivity contribution in [2.24, 2.45) is 0 Å². The first kappa shape index (κ1) is 15.4. The van der Waals surface area contributed by atoms with E-state index in [2.05, 4.69) is 36.5 Å². The molecule has 0 saturated heterocycles. The van der Waals surface area contributed by atoms with Crippen molar-refractivity contribution in [3.63, 3.8) is 0 Å². The van der Waals surface area contributed by atoms with Gasteiger partial charge in [0.1, 0.15) is 11.0 Å². The zero-order valence-electron chi connectivity index (χ0n) is 10.4. The molecule has 2 heterocycles. The van der Waals surface area contributed by atoms with Gasteiger partial charge in [-0.15, -0.1) is 0 Å². The van der Waals surface area contributed by atoms with E-state index in [1.165, 1.54) is 6.20 Å². The maximum atomic E-state index is 12.3. The maximum Gasteiger partial charge on any atom is 0.408 e. The molecule has 112 valence electrons. The number of hydrogen-bond acceptors (Lipinski definition) is 5. The summed E-state index contributed by atoms with van der Waals surface area (Å²) in [7, 11) is 0. The molecule has 2 aromatic rings. The van der Waals surface area contributed by atoms with E-state index in [0.717, 1.165) is 6.20 Å². The zero-order valence-corrected chi connectivity index (χ0v) is 12.0. The number of rotatable bonds is 4. The molecule has 0 aliphatic carbocycles. The van der Waals surface area contributed by atoms with Gasteiger partial charge in [0.15, 0.2) is 0 Å². The lowest BCUT2D eigenvalue weighted by molar-refractivity contribution is -0.143. The molecule has 10 heteroatoms. The molecule has 0 aromatic carbocycles. The summed E-state index contributed by atoms with van der Waals surface area (Å²) in [5.74, 6) is 0. The fourth-order valence-electron chi connectivity index (χ4n) is 1.48. The van der Waals surface area contributed by atoms with Gasteiger partial charge in [-0.1, -0.05) is 0 Å². The molecule has 6 nitrogen and oxygen atoms in total. The van der Waals surface area contributed by atoms with Crippen LogP contribution in [0, 0.1) is 0 Å². The van der Waals surface area contributed by atoms with Crippen molar-refractivity contribution in [1.29, 1.82) is 0 Å². The highest BCUT2D eigenvalue weighted by Crippen LogP contribution is 2.19. The van der Waals surface area contributed by atoms with E-state index >= 15 is 0 Å². The van der Waals surface area contributed by atoms with E-state index in [-0.39, 0.29) is 16.7 Å². The van der Waals surface area contributed by atoms with E-state index in [9.17, 15) is 18.0 Å². The number of nitrogens with zero attached hydrogens (tertiary/aromatic N) is 4. The van der Waals surface area contributed by atoms with E-state index < -0.39 is 18.3 Å². The van der Waals surface area contributed by atoms with Crippen molar-refractivity contribution in [1.82, 2.24) is 20.0 Å². The van der Waals surface area contributed by atoms with Gasteiger partial charge in [0, 0.05) is 6.20 Å². The highest BCUT2D eigenvalue weighted by atomic mass is 79.9. The molecular formula is C11H9BrF3N5O. The highest BCUT2D eigenvalue weighted by Gasteiger charge is 2.29. The van der Waals surface area contributed by atoms with Crippen LogP contribution in [0.5, 0.6) is 0 Å². The lowest BCUT2D eigenvalue weighted by Gasteiger charge is -2.11. The Morgan fingerprint density at radius 2 is 2.14 bits per heavy atom. The van der Waals surface area contributed by atoms with Crippen LogP contribution in [0.3, 0.4) is 0 Å². The normalized spacial score (nSPS) is 11.4. The SMILES string of the molecule is O=c1c(Br)c(NCc2cccnn2)cnn1CC(F)(F)F. The van der Waals surface area contributed by atoms with E-state index in [0.29, 0.717) is 10.4 Å². The summed E-state index contributed by atoms with van der Waals surface area (Å²) in [6.07, 6.45) is -1.85. The summed E-state index contributed by atoms with van der Waals surface area (Å²) >= 11 is 2.97. The van der Waals surface area contributed by atoms with Crippen LogP contribution in [0.15, 0.2) is 33.8 Å². The zero-order chi connectivity index (χ0) is 15.5. The third kappa shape index (κ3) is 4.25. The molecule has 2 aromatic heterocycles. The van der Waals surface area contributed by atoms with E-state index in [4.69, 9.17) is 0 Å². The smallest absolute Gasteiger partial charge is 0.377 e. The summed E-state index contributed by atoms with van der Waals surface area (Å²) in [5.41, 5.74) is 0.0319. The second kappa shape index (κ2) is 6.20. The van der Waals surface area contributed by atoms with Crippen molar-refractivity contribution >= 4 is 21.6 Å². The van der Waals surface area contributed by atoms with Gasteiger partial charge in [0.2, 0.25) is 0 Å². The molecule has 0 saturated carbocycles. The molecule has 0 bridgehead atoms. The molecule has 0 fully saturated rings. The fourth-order valence-corrected chi connectivity index (χ4v) is 1.93. The van der Waals surface area contributed by atoms with Crippen LogP contribution in [-0.4, -0.2) is 26.2 Å². The molecule has 0 radical (unpaired) electrons. The highest BCUT2D eigenvalue weighted by molar-refractivity contribution is 9.10. The topological polar surface area (TPSA) is 72.7 Å². The average molecular weight is 364 g/mol. The molecule has 0 atom stereocenters. The van der Waals surface area contributed by atoms with Crippen LogP contribution in [-0.2, 0) is 13.1 Å². The molecule has 0 amide bonds. The fraction of sp³-hybridized carbons (Fsp3) is 0.273. The minimum Gasteiger partial charge on any atom is -0.377 e. The van der Waals surface area contributed by atoms with Crippen molar-refractivity contribution in [3.8, 4) is 0 Å². The summed E-state index contributed by atoms with van der Waals surface area (Å²) in [6, 6.07) is 3.41. The van der Waals surface area contributed by atoms with Crippen LogP contribution in [0.1, 0.15) is 5.69 Å². The summed E-state index contributed by atoms with van der Waals surface area (Å²) in [4.78, 5) is 11.8. The lowest BCUT2D eigenvalue weighted by atomic mass is 10.3. The van der Waals surface area contributed by atoms with E-state index in [1.54, 1.807) is 12.1 Å². The first-order valence-corrected chi connectivity index (χ1v) is 6.49. The van der Waals surface area contributed by atoms with Gasteiger partial charge in [-0.2, -0.15) is 28.5 Å². The van der Waals surface area contributed by atoms with Crippen molar-refractivity contribution in [3.05, 3.63) is 45.0 Å². The van der Waals surface area contributed by atoms with Crippen LogP contribution >= 0.6 is 15.9 Å². The van der Waals surface area contributed by atoms with Gasteiger partial charge in [-0.05, 0) is 28.1 Å². The Bertz CT molecular complexity index is 674. The average Bonchev–Trinajstić information content (AvgIpc) is 2.43. The Morgan fingerprint density at radius 3 is 2.76 bits per heavy atom. The molecular weight excluding hydrogens is 355 g/mol. The van der Waals surface area contributed by atoms with Crippen LogP contribution in [0.4, 0.5) is 18.9 Å². The standard InChI is InChI=1S/C11H9BrF3N5O/c12-9-8(16-4-7-2-1-3-17-19-7)5-18-20(10(9)21)6-11(13,14)15/h1-3,5,16H,4,6H2. The van der Waals surface area contributed by atoms with Gasteiger partial charge in [-0.25, -0.2) is 4.68 Å². The number of anilines is 1. The van der Waals surface area contributed by atoms with Crippen LogP contribution < -0.4 is 10.9 Å². The second-order valence-electron chi connectivity index (χ2n) is 4.02. The van der Waals surface area contributed by atoms with Gasteiger partial charge < -0.3 is 5.32 Å². The van der Waals surface area contributed by atoms with Crippen LogP contribution in [0.2, 0.25) is 0 Å². The predicted molar refractivity (Wildman–Crippen MR) is 71.6 cm³/mol. The van der Waals surface area contributed by atoms with E-state index in [1.807, 2.05) is 0 Å². The number of hydrogen-bond donors (Lipinski definition) is 1. The molecule has 0 aliphatic heterocycles. The molecule has 1 N–H and O–H groups in total. The minimum absolute atomic E-state index is 0.0226. The molecule has 21 heavy (non-hydrogen) atoms.